The number of ether oxygens (including phenoxy) is 1. The maximum atomic E-state index is 12.1. The minimum atomic E-state index is -4.86. The highest BCUT2D eigenvalue weighted by Gasteiger charge is 2.31. The van der Waals surface area contributed by atoms with Crippen molar-refractivity contribution in [2.24, 2.45) is 0 Å². The van der Waals surface area contributed by atoms with E-state index < -0.39 is 28.0 Å². The van der Waals surface area contributed by atoms with Gasteiger partial charge >= 0.3 is 6.36 Å². The van der Waals surface area contributed by atoms with Crippen molar-refractivity contribution in [2.45, 2.75) is 30.6 Å². The molecule has 27 heavy (non-hydrogen) atoms. The Hall–Kier alpha value is -2.53. The van der Waals surface area contributed by atoms with Gasteiger partial charge in [-0.05, 0) is 43.3 Å². The van der Waals surface area contributed by atoms with Crippen LogP contribution in [-0.2, 0) is 14.8 Å². The summed E-state index contributed by atoms with van der Waals surface area (Å²) >= 11 is 0. The van der Waals surface area contributed by atoms with Crippen LogP contribution >= 0.6 is 0 Å². The molecule has 0 bridgehead atoms. The van der Waals surface area contributed by atoms with E-state index in [1.165, 1.54) is 6.26 Å². The second-order valence-corrected chi connectivity index (χ2v) is 7.24. The van der Waals surface area contributed by atoms with Gasteiger partial charge < -0.3 is 14.5 Å². The highest BCUT2D eigenvalue weighted by Crippen LogP contribution is 2.23. The third-order valence-electron chi connectivity index (χ3n) is 3.36. The largest absolute Gasteiger partial charge is 0.573 e. The Kier molecular flexibility index (Phi) is 6.50. The molecule has 1 amide bonds. The van der Waals surface area contributed by atoms with E-state index in [9.17, 15) is 26.4 Å². The van der Waals surface area contributed by atoms with Crippen LogP contribution in [0.2, 0.25) is 0 Å². The second kappa shape index (κ2) is 8.44. The predicted molar refractivity (Wildman–Crippen MR) is 88.2 cm³/mol. The van der Waals surface area contributed by atoms with E-state index in [-0.39, 0.29) is 23.9 Å². The average molecular weight is 406 g/mol. The summed E-state index contributed by atoms with van der Waals surface area (Å²) in [6.45, 7) is 1.53. The number of hydrogen-bond acceptors (Lipinski definition) is 5. The molecule has 148 valence electrons. The van der Waals surface area contributed by atoms with Crippen LogP contribution in [0.3, 0.4) is 0 Å². The topological polar surface area (TPSA) is 97.6 Å². The fraction of sp³-hybridized carbons (Fsp3) is 0.312. The summed E-state index contributed by atoms with van der Waals surface area (Å²) in [5.74, 6) is -0.367. The molecule has 1 atom stereocenters. The fourth-order valence-electron chi connectivity index (χ4n) is 2.13. The molecule has 0 radical (unpaired) electrons. The van der Waals surface area contributed by atoms with Crippen molar-refractivity contribution in [2.75, 3.05) is 6.54 Å². The fourth-order valence-corrected chi connectivity index (χ4v) is 3.16. The number of carbonyl (C=O) groups is 1. The third-order valence-corrected chi connectivity index (χ3v) is 4.84. The van der Waals surface area contributed by atoms with E-state index in [2.05, 4.69) is 14.8 Å². The molecule has 2 rings (SSSR count). The van der Waals surface area contributed by atoms with Gasteiger partial charge in [-0.25, -0.2) is 13.1 Å². The first-order chi connectivity index (χ1) is 12.6. The summed E-state index contributed by atoms with van der Waals surface area (Å²) < 4.78 is 71.5. The smallest absolute Gasteiger partial charge is 0.467 e. The SMILES string of the molecule is C[C@H](NC(=O)CCNS(=O)(=O)c1ccc(OC(F)(F)F)cc1)c1ccco1. The molecular weight excluding hydrogens is 389 g/mol. The zero-order valence-corrected chi connectivity index (χ0v) is 14.9. The first-order valence-electron chi connectivity index (χ1n) is 7.75. The molecule has 1 aromatic carbocycles. The Morgan fingerprint density at radius 3 is 2.44 bits per heavy atom. The van der Waals surface area contributed by atoms with Crippen molar-refractivity contribution >= 4 is 15.9 Å². The highest BCUT2D eigenvalue weighted by atomic mass is 32.2. The average Bonchev–Trinajstić information content (AvgIpc) is 3.08. The Bertz CT molecular complexity index is 849. The number of amides is 1. The minimum absolute atomic E-state index is 0.125. The van der Waals surface area contributed by atoms with Gasteiger partial charge in [0, 0.05) is 13.0 Å². The molecule has 1 aromatic heterocycles. The Morgan fingerprint density at radius 1 is 1.22 bits per heavy atom. The van der Waals surface area contributed by atoms with E-state index >= 15 is 0 Å². The summed E-state index contributed by atoms with van der Waals surface area (Å²) in [6, 6.07) is 6.73. The van der Waals surface area contributed by atoms with Crippen LogP contribution in [0.5, 0.6) is 5.75 Å². The van der Waals surface area contributed by atoms with Crippen molar-refractivity contribution in [1.82, 2.24) is 10.0 Å². The van der Waals surface area contributed by atoms with Gasteiger partial charge in [0.2, 0.25) is 15.9 Å². The molecule has 0 unspecified atom stereocenters. The molecule has 11 heteroatoms. The van der Waals surface area contributed by atoms with Gasteiger partial charge in [-0.15, -0.1) is 13.2 Å². The molecule has 1 heterocycles. The van der Waals surface area contributed by atoms with Gasteiger partial charge in [-0.2, -0.15) is 0 Å². The lowest BCUT2D eigenvalue weighted by atomic mass is 10.2. The number of alkyl halides is 3. The molecule has 2 aromatic rings. The predicted octanol–water partition coefficient (Wildman–Crippen LogP) is 2.72. The number of nitrogens with one attached hydrogen (secondary N) is 2. The lowest BCUT2D eigenvalue weighted by Gasteiger charge is -2.12. The van der Waals surface area contributed by atoms with E-state index in [0.717, 1.165) is 24.3 Å². The van der Waals surface area contributed by atoms with E-state index in [0.29, 0.717) is 5.76 Å². The monoisotopic (exact) mass is 406 g/mol. The summed E-state index contributed by atoms with van der Waals surface area (Å²) in [5, 5.41) is 2.65. The molecule has 7 nitrogen and oxygen atoms in total. The van der Waals surface area contributed by atoms with Crippen LogP contribution in [0.4, 0.5) is 13.2 Å². The summed E-state index contributed by atoms with van der Waals surface area (Å²) in [7, 11) is -3.97. The third kappa shape index (κ3) is 6.61. The maximum Gasteiger partial charge on any atom is 0.573 e. The standard InChI is InChI=1S/C16H17F3N2O5S/c1-11(14-3-2-10-25-14)21-15(22)8-9-20-27(23,24)13-6-4-12(5-7-13)26-16(17,18)19/h2-7,10-11,20H,8-9H2,1H3,(H,21,22)/t11-/m0/s1. The van der Waals surface area contributed by atoms with E-state index in [1.807, 2.05) is 0 Å². The van der Waals surface area contributed by atoms with E-state index in [1.54, 1.807) is 19.1 Å². The number of halogens is 3. The Morgan fingerprint density at radius 2 is 1.89 bits per heavy atom. The summed E-state index contributed by atoms with van der Waals surface area (Å²) in [5.41, 5.74) is 0. The highest BCUT2D eigenvalue weighted by molar-refractivity contribution is 7.89. The van der Waals surface area contributed by atoms with Crippen molar-refractivity contribution in [3.63, 3.8) is 0 Å². The molecule has 0 aliphatic heterocycles. The molecule has 0 saturated carbocycles. The van der Waals surface area contributed by atoms with Gasteiger partial charge in [-0.1, -0.05) is 0 Å². The normalized spacial score (nSPS) is 13.2. The maximum absolute atomic E-state index is 12.1. The van der Waals surface area contributed by atoms with Crippen molar-refractivity contribution in [3.8, 4) is 5.75 Å². The number of rotatable bonds is 8. The number of hydrogen-bond donors (Lipinski definition) is 2. The number of carbonyl (C=O) groups excluding carboxylic acids is 1. The van der Waals surface area contributed by atoms with Gasteiger partial charge in [-0.3, -0.25) is 4.79 Å². The first kappa shape index (κ1) is 20.8. The van der Waals surface area contributed by atoms with Crippen LogP contribution in [0, 0.1) is 0 Å². The Balaban J connectivity index is 1.84. The molecule has 0 saturated heterocycles. The number of sulfonamides is 1. The van der Waals surface area contributed by atoms with Gasteiger partial charge in [0.15, 0.2) is 0 Å². The minimum Gasteiger partial charge on any atom is -0.467 e. The van der Waals surface area contributed by atoms with E-state index in [4.69, 9.17) is 4.42 Å². The van der Waals surface area contributed by atoms with Crippen LogP contribution in [0.1, 0.15) is 25.1 Å². The van der Waals surface area contributed by atoms with Crippen molar-refractivity contribution in [1.29, 1.82) is 0 Å². The van der Waals surface area contributed by atoms with Crippen molar-refractivity contribution in [3.05, 3.63) is 48.4 Å². The molecular formula is C16H17F3N2O5S. The first-order valence-corrected chi connectivity index (χ1v) is 9.23. The lowest BCUT2D eigenvalue weighted by Crippen LogP contribution is -2.32. The molecule has 0 spiro atoms. The Labute approximate surface area is 153 Å². The molecule has 0 aliphatic carbocycles. The van der Waals surface area contributed by atoms with Gasteiger partial charge in [0.1, 0.15) is 11.5 Å². The van der Waals surface area contributed by atoms with Gasteiger partial charge in [0.25, 0.3) is 0 Å². The molecule has 0 aliphatic rings. The molecule has 0 fully saturated rings. The summed E-state index contributed by atoms with van der Waals surface area (Å²) in [6.07, 6.45) is -3.52. The number of furan rings is 1. The van der Waals surface area contributed by atoms with Gasteiger partial charge in [0.05, 0.1) is 17.2 Å². The molecule has 2 N–H and O–H groups in total. The van der Waals surface area contributed by atoms with Crippen LogP contribution in [0.25, 0.3) is 0 Å². The zero-order valence-electron chi connectivity index (χ0n) is 14.1. The van der Waals surface area contributed by atoms with Crippen LogP contribution < -0.4 is 14.8 Å². The van der Waals surface area contributed by atoms with Crippen LogP contribution in [0.15, 0.2) is 52.0 Å². The second-order valence-electron chi connectivity index (χ2n) is 5.47. The number of benzene rings is 1. The lowest BCUT2D eigenvalue weighted by molar-refractivity contribution is -0.274. The van der Waals surface area contributed by atoms with Crippen molar-refractivity contribution < 1.29 is 35.5 Å². The van der Waals surface area contributed by atoms with Crippen LogP contribution in [-0.4, -0.2) is 27.2 Å². The quantitative estimate of drug-likeness (QED) is 0.703. The zero-order chi connectivity index (χ0) is 20.1. The summed E-state index contributed by atoms with van der Waals surface area (Å²) in [4.78, 5) is 11.6.